The van der Waals surface area contributed by atoms with E-state index in [-0.39, 0.29) is 18.5 Å². The van der Waals surface area contributed by atoms with Crippen LogP contribution in [0.4, 0.5) is 4.79 Å². The summed E-state index contributed by atoms with van der Waals surface area (Å²) < 4.78 is 10.8. The Hall–Kier alpha value is -2.54. The molecule has 0 unspecified atom stereocenters. The molecule has 0 aromatic heterocycles. The summed E-state index contributed by atoms with van der Waals surface area (Å²) in [6, 6.07) is 5.34. The Kier molecular flexibility index (Phi) is 4.71. The minimum Gasteiger partial charge on any atom is -0.508 e. The number of urea groups is 1. The van der Waals surface area contributed by atoms with Gasteiger partial charge in [-0.3, -0.25) is 0 Å². The van der Waals surface area contributed by atoms with E-state index >= 15 is 0 Å². The maximum Gasteiger partial charge on any atom is 0.338 e. The van der Waals surface area contributed by atoms with Crippen LogP contribution in [0, 0.1) is 0 Å². The zero-order valence-electron chi connectivity index (χ0n) is 13.4. The Bertz CT molecular complexity index is 679. The molecule has 2 aliphatic heterocycles. The van der Waals surface area contributed by atoms with E-state index in [1.807, 2.05) is 0 Å². The highest BCUT2D eigenvalue weighted by atomic mass is 16.6. The third-order valence-electron chi connectivity index (χ3n) is 4.12. The maximum absolute atomic E-state index is 12.6. The maximum atomic E-state index is 12.6. The van der Waals surface area contributed by atoms with Crippen LogP contribution >= 0.6 is 0 Å². The van der Waals surface area contributed by atoms with Crippen molar-refractivity contribution in [3.8, 4) is 5.75 Å². The van der Waals surface area contributed by atoms with Crippen molar-refractivity contribution in [3.63, 3.8) is 0 Å². The lowest BCUT2D eigenvalue weighted by molar-refractivity contribution is -0.142. The number of benzene rings is 1. The van der Waals surface area contributed by atoms with Gasteiger partial charge in [0.05, 0.1) is 17.7 Å². The van der Waals surface area contributed by atoms with Crippen LogP contribution in [0.25, 0.3) is 0 Å². The van der Waals surface area contributed by atoms with Gasteiger partial charge in [-0.15, -0.1) is 0 Å². The molecular weight excluding hydrogens is 312 g/mol. The molecule has 0 saturated carbocycles. The molecule has 1 saturated heterocycles. The Balaban J connectivity index is 1.81. The summed E-state index contributed by atoms with van der Waals surface area (Å²) in [4.78, 5) is 24.3. The molecule has 2 amide bonds. The van der Waals surface area contributed by atoms with Crippen LogP contribution in [0.2, 0.25) is 0 Å². The van der Waals surface area contributed by atoms with Gasteiger partial charge in [-0.2, -0.15) is 0 Å². The molecule has 0 spiro atoms. The third kappa shape index (κ3) is 3.51. The Morgan fingerprint density at radius 2 is 2.29 bits per heavy atom. The van der Waals surface area contributed by atoms with Crippen LogP contribution in [0.5, 0.6) is 5.75 Å². The minimum atomic E-state index is -0.678. The molecule has 2 heterocycles. The minimum absolute atomic E-state index is 0.0602. The number of nitrogens with one attached hydrogen (secondary N) is 2. The first-order chi connectivity index (χ1) is 11.5. The topological polar surface area (TPSA) is 96.9 Å². The quantitative estimate of drug-likeness (QED) is 0.730. The second kappa shape index (κ2) is 6.92. The van der Waals surface area contributed by atoms with Crippen LogP contribution < -0.4 is 10.6 Å². The summed E-state index contributed by atoms with van der Waals surface area (Å²) in [6.45, 7) is 2.53. The van der Waals surface area contributed by atoms with Gasteiger partial charge < -0.3 is 25.2 Å². The molecule has 0 bridgehead atoms. The van der Waals surface area contributed by atoms with Gasteiger partial charge >= 0.3 is 12.0 Å². The van der Waals surface area contributed by atoms with Crippen molar-refractivity contribution in [2.45, 2.75) is 31.9 Å². The number of phenols is 1. The van der Waals surface area contributed by atoms with Crippen molar-refractivity contribution in [1.82, 2.24) is 10.6 Å². The van der Waals surface area contributed by atoms with E-state index in [9.17, 15) is 14.7 Å². The molecule has 3 N–H and O–H groups in total. The van der Waals surface area contributed by atoms with Crippen molar-refractivity contribution in [1.29, 1.82) is 0 Å². The number of amides is 2. The number of ether oxygens (including phenoxy) is 2. The lowest BCUT2D eigenvalue weighted by Crippen LogP contribution is -2.45. The van der Waals surface area contributed by atoms with Gasteiger partial charge in [-0.05, 0) is 37.5 Å². The number of aromatic hydroxyl groups is 1. The number of hydrogen-bond donors (Lipinski definition) is 3. The smallest absolute Gasteiger partial charge is 0.338 e. The monoisotopic (exact) mass is 332 g/mol. The average molecular weight is 332 g/mol. The van der Waals surface area contributed by atoms with Crippen molar-refractivity contribution in [2.75, 3.05) is 13.2 Å². The number of phenolic OH excluding ortho intramolecular Hbond substituents is 1. The van der Waals surface area contributed by atoms with Crippen LogP contribution in [0.3, 0.4) is 0 Å². The van der Waals surface area contributed by atoms with E-state index in [0.717, 1.165) is 12.8 Å². The third-order valence-corrected chi connectivity index (χ3v) is 4.12. The lowest BCUT2D eigenvalue weighted by Gasteiger charge is -2.28. The Morgan fingerprint density at radius 1 is 1.46 bits per heavy atom. The van der Waals surface area contributed by atoms with Gasteiger partial charge in [-0.25, -0.2) is 9.59 Å². The first-order valence-corrected chi connectivity index (χ1v) is 7.90. The van der Waals surface area contributed by atoms with Crippen molar-refractivity contribution < 1.29 is 24.2 Å². The van der Waals surface area contributed by atoms with E-state index in [1.54, 1.807) is 19.1 Å². The molecule has 0 radical (unpaired) electrons. The van der Waals surface area contributed by atoms with Gasteiger partial charge in [0, 0.05) is 12.3 Å². The standard InChI is InChI=1S/C17H20N2O5/c1-10-14(16(21)24-9-13-6-3-7-23-13)15(19-17(22)18-10)11-4-2-5-12(20)8-11/h2,4-5,8,13,15,20H,3,6-7,9H2,1H3,(H2,18,19,22)/t13-,15-/m1/s1. The van der Waals surface area contributed by atoms with Crippen LogP contribution in [0.15, 0.2) is 35.5 Å². The molecule has 1 aromatic rings. The van der Waals surface area contributed by atoms with Crippen molar-refractivity contribution >= 4 is 12.0 Å². The summed E-state index contributed by atoms with van der Waals surface area (Å²) in [5, 5.41) is 15.0. The summed E-state index contributed by atoms with van der Waals surface area (Å²) in [5.74, 6) is -0.450. The molecule has 2 aliphatic rings. The number of allylic oxidation sites excluding steroid dienone is 1. The summed E-state index contributed by atoms with van der Waals surface area (Å²) in [7, 11) is 0. The van der Waals surface area contributed by atoms with Crippen LogP contribution in [0.1, 0.15) is 31.4 Å². The predicted molar refractivity (Wildman–Crippen MR) is 85.1 cm³/mol. The highest BCUT2D eigenvalue weighted by Crippen LogP contribution is 2.29. The molecule has 7 nitrogen and oxygen atoms in total. The zero-order valence-corrected chi connectivity index (χ0v) is 13.4. The molecule has 1 aromatic carbocycles. The summed E-state index contributed by atoms with van der Waals surface area (Å²) in [6.07, 6.45) is 1.77. The second-order valence-corrected chi connectivity index (χ2v) is 5.90. The number of hydrogen-bond acceptors (Lipinski definition) is 5. The molecule has 24 heavy (non-hydrogen) atoms. The van der Waals surface area contributed by atoms with Crippen LogP contribution in [-0.4, -0.2) is 36.4 Å². The molecular formula is C17H20N2O5. The fourth-order valence-electron chi connectivity index (χ4n) is 2.94. The Morgan fingerprint density at radius 3 is 3.00 bits per heavy atom. The molecule has 0 aliphatic carbocycles. The first kappa shape index (κ1) is 16.3. The van der Waals surface area contributed by atoms with Crippen LogP contribution in [-0.2, 0) is 14.3 Å². The molecule has 7 heteroatoms. The number of carbonyl (C=O) groups is 2. The Labute approximate surface area is 139 Å². The number of rotatable bonds is 4. The number of esters is 1. The summed E-state index contributed by atoms with van der Waals surface area (Å²) >= 11 is 0. The zero-order chi connectivity index (χ0) is 17.1. The molecule has 128 valence electrons. The fourth-order valence-corrected chi connectivity index (χ4v) is 2.94. The highest BCUT2D eigenvalue weighted by Gasteiger charge is 2.33. The van der Waals surface area contributed by atoms with Crippen molar-refractivity contribution in [3.05, 3.63) is 41.1 Å². The number of carbonyl (C=O) groups excluding carboxylic acids is 2. The first-order valence-electron chi connectivity index (χ1n) is 7.90. The predicted octanol–water partition coefficient (Wildman–Crippen LogP) is 1.74. The summed E-state index contributed by atoms with van der Waals surface area (Å²) in [5.41, 5.74) is 1.36. The lowest BCUT2D eigenvalue weighted by atomic mass is 9.95. The second-order valence-electron chi connectivity index (χ2n) is 5.90. The van der Waals surface area contributed by atoms with Gasteiger partial charge in [0.1, 0.15) is 12.4 Å². The highest BCUT2D eigenvalue weighted by molar-refractivity contribution is 5.95. The average Bonchev–Trinajstić information content (AvgIpc) is 3.05. The van der Waals surface area contributed by atoms with E-state index < -0.39 is 18.0 Å². The van der Waals surface area contributed by atoms with Gasteiger partial charge in [0.15, 0.2) is 0 Å². The van der Waals surface area contributed by atoms with E-state index in [2.05, 4.69) is 10.6 Å². The largest absolute Gasteiger partial charge is 0.508 e. The van der Waals surface area contributed by atoms with E-state index in [1.165, 1.54) is 12.1 Å². The SMILES string of the molecule is CC1=C(C(=O)OC[C@H]2CCCO2)[C@@H](c2cccc(O)c2)NC(=O)N1. The van der Waals surface area contributed by atoms with Gasteiger partial charge in [-0.1, -0.05) is 12.1 Å². The molecule has 2 atom stereocenters. The van der Waals surface area contributed by atoms with Gasteiger partial charge in [0.25, 0.3) is 0 Å². The fraction of sp³-hybridized carbons (Fsp3) is 0.412. The molecule has 3 rings (SSSR count). The van der Waals surface area contributed by atoms with E-state index in [0.29, 0.717) is 23.4 Å². The molecule has 1 fully saturated rings. The van der Waals surface area contributed by atoms with Crippen molar-refractivity contribution in [2.24, 2.45) is 0 Å². The van der Waals surface area contributed by atoms with E-state index in [4.69, 9.17) is 9.47 Å². The normalized spacial score (nSPS) is 23.6. The van der Waals surface area contributed by atoms with Gasteiger partial charge in [0.2, 0.25) is 0 Å².